The zero-order chi connectivity index (χ0) is 18.9. The Labute approximate surface area is 154 Å². The van der Waals surface area contributed by atoms with Crippen LogP contribution in [0.1, 0.15) is 42.6 Å². The molecular formula is C22H24O4. The maximum absolute atomic E-state index is 12.5. The molecule has 0 heterocycles. The third-order valence-corrected chi connectivity index (χ3v) is 4.35. The number of benzene rings is 2. The van der Waals surface area contributed by atoms with E-state index in [2.05, 4.69) is 0 Å². The molecule has 26 heavy (non-hydrogen) atoms. The van der Waals surface area contributed by atoms with Crippen LogP contribution in [0.4, 0.5) is 0 Å². The van der Waals surface area contributed by atoms with Gasteiger partial charge in [-0.3, -0.25) is 14.4 Å². The van der Waals surface area contributed by atoms with E-state index in [9.17, 15) is 14.4 Å². The predicted octanol–water partition coefficient (Wildman–Crippen LogP) is 4.03. The number of aryl methyl sites for hydroxylation is 1. The third-order valence-electron chi connectivity index (χ3n) is 4.35. The highest BCUT2D eigenvalue weighted by Crippen LogP contribution is 2.22. The summed E-state index contributed by atoms with van der Waals surface area (Å²) in [5.41, 5.74) is 1.66. The van der Waals surface area contributed by atoms with Gasteiger partial charge in [-0.2, -0.15) is 0 Å². The Morgan fingerprint density at radius 1 is 0.885 bits per heavy atom. The molecule has 2 unspecified atom stereocenters. The van der Waals surface area contributed by atoms with Gasteiger partial charge >= 0.3 is 5.97 Å². The minimum Gasteiger partial charge on any atom is -0.462 e. The summed E-state index contributed by atoms with van der Waals surface area (Å²) >= 11 is 0. The second-order valence-electron chi connectivity index (χ2n) is 6.38. The molecule has 0 aliphatic carbocycles. The van der Waals surface area contributed by atoms with Gasteiger partial charge in [0.25, 0.3) is 0 Å². The van der Waals surface area contributed by atoms with Crippen molar-refractivity contribution in [2.24, 2.45) is 5.92 Å². The van der Waals surface area contributed by atoms with Crippen LogP contribution < -0.4 is 0 Å². The van der Waals surface area contributed by atoms with E-state index in [1.165, 1.54) is 13.8 Å². The first-order chi connectivity index (χ1) is 12.5. The maximum atomic E-state index is 12.5. The van der Waals surface area contributed by atoms with Crippen LogP contribution in [0.2, 0.25) is 0 Å². The number of rotatable bonds is 9. The zero-order valence-corrected chi connectivity index (χ0v) is 15.2. The molecule has 4 heteroatoms. The van der Waals surface area contributed by atoms with E-state index in [0.29, 0.717) is 18.4 Å². The molecule has 0 N–H and O–H groups in total. The number of hydrogen-bond acceptors (Lipinski definition) is 4. The first-order valence-electron chi connectivity index (χ1n) is 8.77. The van der Waals surface area contributed by atoms with Gasteiger partial charge in [0.1, 0.15) is 11.9 Å². The van der Waals surface area contributed by atoms with Crippen molar-refractivity contribution in [3.05, 3.63) is 71.8 Å². The number of carbonyl (C=O) groups excluding carboxylic acids is 3. The van der Waals surface area contributed by atoms with Gasteiger partial charge < -0.3 is 4.74 Å². The minimum absolute atomic E-state index is 0.0338. The van der Waals surface area contributed by atoms with Gasteiger partial charge in [-0.05, 0) is 25.3 Å². The lowest BCUT2D eigenvalue weighted by atomic mass is 9.87. The van der Waals surface area contributed by atoms with Crippen molar-refractivity contribution >= 4 is 17.5 Å². The molecule has 2 atom stereocenters. The smallest absolute Gasteiger partial charge is 0.302 e. The monoisotopic (exact) mass is 352 g/mol. The first-order valence-corrected chi connectivity index (χ1v) is 8.77. The largest absolute Gasteiger partial charge is 0.462 e. The molecule has 0 saturated carbocycles. The van der Waals surface area contributed by atoms with Crippen molar-refractivity contribution in [2.75, 3.05) is 0 Å². The molecule has 4 nitrogen and oxygen atoms in total. The number of ketones is 2. The van der Waals surface area contributed by atoms with E-state index in [1.54, 1.807) is 24.3 Å². The fourth-order valence-corrected chi connectivity index (χ4v) is 2.99. The molecule has 0 radical (unpaired) electrons. The summed E-state index contributed by atoms with van der Waals surface area (Å²) in [4.78, 5) is 36.3. The molecule has 2 aromatic carbocycles. The Morgan fingerprint density at radius 3 is 2.00 bits per heavy atom. The Balaban J connectivity index is 2.13. The van der Waals surface area contributed by atoms with Gasteiger partial charge in [0, 0.05) is 18.9 Å². The molecule has 0 saturated heterocycles. The Bertz CT molecular complexity index is 737. The van der Waals surface area contributed by atoms with Crippen LogP contribution in [0.25, 0.3) is 0 Å². The molecule has 0 spiro atoms. The topological polar surface area (TPSA) is 60.4 Å². The number of esters is 1. The number of hydrogen-bond donors (Lipinski definition) is 0. The molecule has 2 rings (SSSR count). The lowest BCUT2D eigenvalue weighted by molar-refractivity contribution is -0.151. The number of Topliss-reactive ketones (excluding diaryl/α,β-unsaturated/α-hetero) is 2. The lowest BCUT2D eigenvalue weighted by Crippen LogP contribution is -2.33. The molecule has 2 aromatic rings. The third kappa shape index (κ3) is 5.96. The number of carbonyl (C=O) groups is 3. The summed E-state index contributed by atoms with van der Waals surface area (Å²) in [5.74, 6) is -1.35. The van der Waals surface area contributed by atoms with Crippen LogP contribution in [-0.2, 0) is 20.7 Å². The fourth-order valence-electron chi connectivity index (χ4n) is 2.99. The van der Waals surface area contributed by atoms with Crippen molar-refractivity contribution in [1.82, 2.24) is 0 Å². The van der Waals surface area contributed by atoms with Crippen molar-refractivity contribution in [3.8, 4) is 0 Å². The second kappa shape index (κ2) is 9.66. The highest BCUT2D eigenvalue weighted by Gasteiger charge is 2.30. The normalized spacial score (nSPS) is 12.8. The molecule has 0 fully saturated rings. The van der Waals surface area contributed by atoms with Crippen molar-refractivity contribution in [1.29, 1.82) is 0 Å². The average Bonchev–Trinajstić information content (AvgIpc) is 2.64. The van der Waals surface area contributed by atoms with Gasteiger partial charge in [-0.15, -0.1) is 0 Å². The summed E-state index contributed by atoms with van der Waals surface area (Å²) in [6.45, 7) is 2.77. The molecular weight excluding hydrogens is 328 g/mol. The predicted molar refractivity (Wildman–Crippen MR) is 99.9 cm³/mol. The Morgan fingerprint density at radius 2 is 1.46 bits per heavy atom. The molecule has 0 amide bonds. The van der Waals surface area contributed by atoms with Gasteiger partial charge in [0.15, 0.2) is 5.78 Å². The van der Waals surface area contributed by atoms with Gasteiger partial charge in [0.05, 0.1) is 5.92 Å². The van der Waals surface area contributed by atoms with Crippen molar-refractivity contribution < 1.29 is 19.1 Å². The quantitative estimate of drug-likeness (QED) is 0.505. The van der Waals surface area contributed by atoms with Crippen LogP contribution in [0.5, 0.6) is 0 Å². The van der Waals surface area contributed by atoms with Crippen LogP contribution >= 0.6 is 0 Å². The van der Waals surface area contributed by atoms with E-state index in [-0.39, 0.29) is 18.0 Å². The minimum atomic E-state index is -0.643. The average molecular weight is 352 g/mol. The summed E-state index contributed by atoms with van der Waals surface area (Å²) in [6, 6.07) is 18.7. The standard InChI is InChI=1S/C22H24O4/c1-16(23)20(15-21(25)19-11-7-4-8-12-19)22(26-17(2)24)14-13-18-9-5-3-6-10-18/h3-12,20,22H,13-15H2,1-2H3. The van der Waals surface area contributed by atoms with Crippen LogP contribution in [0, 0.1) is 5.92 Å². The summed E-state index contributed by atoms with van der Waals surface area (Å²) in [7, 11) is 0. The molecule has 0 aliphatic heterocycles. The van der Waals surface area contributed by atoms with Crippen molar-refractivity contribution in [2.45, 2.75) is 39.2 Å². The summed E-state index contributed by atoms with van der Waals surface area (Å²) in [6.07, 6.45) is 0.585. The van der Waals surface area contributed by atoms with Crippen LogP contribution in [0.15, 0.2) is 60.7 Å². The van der Waals surface area contributed by atoms with Crippen LogP contribution in [0.3, 0.4) is 0 Å². The first kappa shape index (κ1) is 19.6. The summed E-state index contributed by atoms with van der Waals surface area (Å²) in [5, 5.41) is 0. The zero-order valence-electron chi connectivity index (χ0n) is 15.2. The molecule has 136 valence electrons. The van der Waals surface area contributed by atoms with E-state index in [1.807, 2.05) is 36.4 Å². The Kier molecular flexibility index (Phi) is 7.27. The highest BCUT2D eigenvalue weighted by atomic mass is 16.5. The van der Waals surface area contributed by atoms with E-state index < -0.39 is 18.0 Å². The van der Waals surface area contributed by atoms with E-state index >= 15 is 0 Å². The summed E-state index contributed by atoms with van der Waals surface area (Å²) < 4.78 is 5.42. The van der Waals surface area contributed by atoms with Crippen LogP contribution in [-0.4, -0.2) is 23.6 Å². The number of ether oxygens (including phenoxy) is 1. The SMILES string of the molecule is CC(=O)OC(CCc1ccccc1)C(CC(=O)c1ccccc1)C(C)=O. The van der Waals surface area contributed by atoms with E-state index in [4.69, 9.17) is 4.74 Å². The highest BCUT2D eigenvalue weighted by molar-refractivity contribution is 5.98. The second-order valence-corrected chi connectivity index (χ2v) is 6.38. The lowest BCUT2D eigenvalue weighted by Gasteiger charge is -2.24. The molecule has 0 aliphatic rings. The molecule has 0 bridgehead atoms. The van der Waals surface area contributed by atoms with Gasteiger partial charge in [0.2, 0.25) is 0 Å². The van der Waals surface area contributed by atoms with Gasteiger partial charge in [-0.1, -0.05) is 60.7 Å². The maximum Gasteiger partial charge on any atom is 0.302 e. The van der Waals surface area contributed by atoms with Gasteiger partial charge in [-0.25, -0.2) is 0 Å². The molecule has 0 aromatic heterocycles. The van der Waals surface area contributed by atoms with Crippen molar-refractivity contribution in [3.63, 3.8) is 0 Å². The van der Waals surface area contributed by atoms with E-state index in [0.717, 1.165) is 5.56 Å². The Hall–Kier alpha value is -2.75. The fraction of sp³-hybridized carbons (Fsp3) is 0.318.